The van der Waals surface area contributed by atoms with Gasteiger partial charge in [-0.1, -0.05) is 0 Å². The largest absolute Gasteiger partial charge is 0.125 e. The van der Waals surface area contributed by atoms with Crippen LogP contribution in [-0.4, -0.2) is 49.4 Å². The zero-order chi connectivity index (χ0) is 15.2. The number of hydrogen-bond acceptors (Lipinski definition) is 0. The van der Waals surface area contributed by atoms with E-state index in [1.807, 2.05) is 0 Å². The van der Waals surface area contributed by atoms with Crippen LogP contribution in [0, 0.1) is 0 Å². The summed E-state index contributed by atoms with van der Waals surface area (Å²) in [4.78, 5) is 0. The van der Waals surface area contributed by atoms with Crippen LogP contribution in [0.4, 0.5) is 0 Å². The maximum atomic E-state index is 6.18. The van der Waals surface area contributed by atoms with Gasteiger partial charge in [0.15, 0.2) is 0 Å². The molecule has 0 radical (unpaired) electrons. The minimum absolute atomic E-state index is 0.170. The van der Waals surface area contributed by atoms with E-state index in [2.05, 4.69) is 0 Å². The molecule has 0 amide bonds. The first-order valence-electron chi connectivity index (χ1n) is 5.36. The van der Waals surface area contributed by atoms with Gasteiger partial charge in [-0.15, -0.1) is 104 Å². The predicted octanol–water partition coefficient (Wildman–Crippen LogP) is 6.11. The molecule has 0 saturated carbocycles. The van der Waals surface area contributed by atoms with Gasteiger partial charge in [-0.2, -0.15) is 0 Å². The Labute approximate surface area is 159 Å². The topological polar surface area (TPSA) is 0 Å². The van der Waals surface area contributed by atoms with Crippen LogP contribution in [0.5, 0.6) is 0 Å². The molecule has 0 bridgehead atoms. The van der Waals surface area contributed by atoms with E-state index in [1.165, 1.54) is 0 Å². The van der Waals surface area contributed by atoms with E-state index in [0.717, 1.165) is 0 Å². The van der Waals surface area contributed by atoms with Crippen molar-refractivity contribution in [2.24, 2.45) is 0 Å². The van der Waals surface area contributed by atoms with Crippen molar-refractivity contribution in [1.29, 1.82) is 0 Å². The van der Waals surface area contributed by atoms with Crippen LogP contribution in [0.3, 0.4) is 0 Å². The van der Waals surface area contributed by atoms with Crippen LogP contribution < -0.4 is 0 Å². The van der Waals surface area contributed by atoms with Crippen LogP contribution in [0.15, 0.2) is 0 Å². The highest BCUT2D eigenvalue weighted by Gasteiger charge is 2.35. The molecule has 7 unspecified atom stereocenters. The molecule has 9 heteroatoms. The number of hydrogen-bond donors (Lipinski definition) is 0. The Morgan fingerprint density at radius 2 is 0.895 bits per heavy atom. The molecule has 0 nitrogen and oxygen atoms in total. The minimum Gasteiger partial charge on any atom is -0.125 e. The quantitative estimate of drug-likeness (QED) is 0.371. The van der Waals surface area contributed by atoms with Crippen molar-refractivity contribution in [1.82, 2.24) is 0 Å². The first-order chi connectivity index (χ1) is 8.76. The molecule has 0 aliphatic heterocycles. The number of rotatable bonds is 9. The van der Waals surface area contributed by atoms with Crippen LogP contribution in [-0.2, 0) is 0 Å². The van der Waals surface area contributed by atoms with Crippen LogP contribution in [0.25, 0.3) is 0 Å². The summed E-state index contributed by atoms with van der Waals surface area (Å²) >= 11 is 53.7. The SMILES string of the molecule is ClCC(Cl)C(Cl)CC(Cl)C(Cl)C(Cl)C(Cl)C(Cl)CCl. The first-order valence-corrected chi connectivity index (χ1v) is 9.49. The van der Waals surface area contributed by atoms with Crippen molar-refractivity contribution >= 4 is 104 Å². The summed E-state index contributed by atoms with van der Waals surface area (Å²) in [5.41, 5.74) is 0. The zero-order valence-electron chi connectivity index (χ0n) is 9.56. The van der Waals surface area contributed by atoms with Crippen molar-refractivity contribution in [2.75, 3.05) is 11.8 Å². The summed E-state index contributed by atoms with van der Waals surface area (Å²) in [5.74, 6) is 0.397. The molecule has 0 N–H and O–H groups in total. The van der Waals surface area contributed by atoms with Crippen LogP contribution in [0.2, 0.25) is 0 Å². The highest BCUT2D eigenvalue weighted by Crippen LogP contribution is 2.31. The molecule has 0 spiro atoms. The highest BCUT2D eigenvalue weighted by molar-refractivity contribution is 6.41. The standard InChI is InChI=1S/C10H13Cl9/c11-2-6(15)4(13)1-5(14)8(17)10(19)9(18)7(16)3-12/h4-10H,1-3H2. The van der Waals surface area contributed by atoms with E-state index >= 15 is 0 Å². The van der Waals surface area contributed by atoms with E-state index in [4.69, 9.17) is 104 Å². The second-order valence-electron chi connectivity index (χ2n) is 3.94. The van der Waals surface area contributed by atoms with Gasteiger partial charge >= 0.3 is 0 Å². The Morgan fingerprint density at radius 3 is 1.32 bits per heavy atom. The Balaban J connectivity index is 4.42. The molecule has 0 fully saturated rings. The fourth-order valence-electron chi connectivity index (χ4n) is 1.25. The zero-order valence-corrected chi connectivity index (χ0v) is 16.4. The van der Waals surface area contributed by atoms with Crippen molar-refractivity contribution < 1.29 is 0 Å². The molecule has 0 aromatic carbocycles. The monoisotopic (exact) mass is 448 g/mol. The Morgan fingerprint density at radius 1 is 0.474 bits per heavy atom. The van der Waals surface area contributed by atoms with Gasteiger partial charge in [0.2, 0.25) is 0 Å². The lowest BCUT2D eigenvalue weighted by molar-refractivity contribution is 0.617. The molecule has 0 rings (SSSR count). The third-order valence-electron chi connectivity index (χ3n) is 2.44. The van der Waals surface area contributed by atoms with E-state index < -0.39 is 37.6 Å². The summed E-state index contributed by atoms with van der Waals surface area (Å²) in [6, 6.07) is 0. The molecule has 0 saturated heterocycles. The lowest BCUT2D eigenvalue weighted by Gasteiger charge is -2.28. The molecule has 0 aliphatic carbocycles. The van der Waals surface area contributed by atoms with Crippen molar-refractivity contribution in [2.45, 2.75) is 44.1 Å². The van der Waals surface area contributed by atoms with Gasteiger partial charge in [0, 0.05) is 11.8 Å². The third-order valence-corrected chi connectivity index (χ3v) is 7.57. The summed E-state index contributed by atoms with van der Waals surface area (Å²) in [6.07, 6.45) is 0.360. The van der Waals surface area contributed by atoms with Gasteiger partial charge in [0.1, 0.15) is 0 Å². The molecule has 19 heavy (non-hydrogen) atoms. The van der Waals surface area contributed by atoms with Crippen LogP contribution in [0.1, 0.15) is 6.42 Å². The van der Waals surface area contributed by atoms with Gasteiger partial charge in [-0.05, 0) is 6.42 Å². The Hall–Kier alpha value is 2.61. The fraction of sp³-hybridized carbons (Fsp3) is 1.00. The van der Waals surface area contributed by atoms with E-state index in [-0.39, 0.29) is 11.8 Å². The molecule has 116 valence electrons. The molecular weight excluding hydrogens is 439 g/mol. The maximum Gasteiger partial charge on any atom is 0.0692 e. The van der Waals surface area contributed by atoms with Gasteiger partial charge in [-0.25, -0.2) is 0 Å². The maximum absolute atomic E-state index is 6.18. The second kappa shape index (κ2) is 11.2. The summed E-state index contributed by atoms with van der Waals surface area (Å²) in [7, 11) is 0. The second-order valence-corrected chi connectivity index (χ2v) is 8.31. The smallest absolute Gasteiger partial charge is 0.0692 e. The van der Waals surface area contributed by atoms with Crippen LogP contribution >= 0.6 is 104 Å². The lowest BCUT2D eigenvalue weighted by atomic mass is 10.1. The minimum atomic E-state index is -0.638. The summed E-state index contributed by atoms with van der Waals surface area (Å²) < 4.78 is 0. The number of alkyl halides is 9. The fourth-order valence-corrected chi connectivity index (χ4v) is 3.90. The normalized spacial score (nSPS) is 23.2. The van der Waals surface area contributed by atoms with Gasteiger partial charge < -0.3 is 0 Å². The lowest BCUT2D eigenvalue weighted by Crippen LogP contribution is -2.39. The number of halogens is 9. The molecule has 0 aromatic rings. The molecule has 0 aliphatic rings. The predicted molar refractivity (Wildman–Crippen MR) is 93.5 cm³/mol. The molecule has 7 atom stereocenters. The molecule has 0 aromatic heterocycles. The average Bonchev–Trinajstić information content (AvgIpc) is 2.42. The average molecular weight is 452 g/mol. The van der Waals surface area contributed by atoms with Gasteiger partial charge in [-0.3, -0.25) is 0 Å². The van der Waals surface area contributed by atoms with Crippen molar-refractivity contribution in [3.8, 4) is 0 Å². The highest BCUT2D eigenvalue weighted by atomic mass is 35.5. The van der Waals surface area contributed by atoms with Crippen molar-refractivity contribution in [3.05, 3.63) is 0 Å². The third kappa shape index (κ3) is 7.62. The van der Waals surface area contributed by atoms with E-state index in [9.17, 15) is 0 Å². The van der Waals surface area contributed by atoms with Crippen molar-refractivity contribution in [3.63, 3.8) is 0 Å². The van der Waals surface area contributed by atoms with Gasteiger partial charge in [0.05, 0.1) is 37.6 Å². The summed E-state index contributed by atoms with van der Waals surface area (Å²) in [5, 5.41) is -3.64. The Kier molecular flexibility index (Phi) is 12.7. The van der Waals surface area contributed by atoms with Gasteiger partial charge in [0.25, 0.3) is 0 Å². The first kappa shape index (κ1) is 21.6. The Bertz CT molecular complexity index is 239. The van der Waals surface area contributed by atoms with E-state index in [1.54, 1.807) is 0 Å². The molecule has 0 heterocycles. The molecular formula is C10H13Cl9. The summed E-state index contributed by atoms with van der Waals surface area (Å²) in [6.45, 7) is 0. The van der Waals surface area contributed by atoms with E-state index in [0.29, 0.717) is 6.42 Å².